The van der Waals surface area contributed by atoms with Gasteiger partial charge in [0.15, 0.2) is 5.57 Å². The molecule has 0 unspecified atom stereocenters. The first-order valence-corrected chi connectivity index (χ1v) is 2.12. The maximum atomic E-state index is 9.93. The van der Waals surface area contributed by atoms with Gasteiger partial charge in [0.1, 0.15) is 11.8 Å². The number of aliphatic hydroxyl groups excluding tert-OH is 1. The third-order valence-electron chi connectivity index (χ3n) is 0.687. The zero-order valence-corrected chi connectivity index (χ0v) is 4.75. The predicted octanol–water partition coefficient (Wildman–Crippen LogP) is 0.427. The SMILES string of the molecule is C/C(O)=C(\C#N)C(=O)O. The van der Waals surface area contributed by atoms with Crippen molar-refractivity contribution in [1.29, 1.82) is 5.26 Å². The molecule has 2 N–H and O–H groups in total. The van der Waals surface area contributed by atoms with Crippen LogP contribution >= 0.6 is 0 Å². The van der Waals surface area contributed by atoms with Gasteiger partial charge in [0.2, 0.25) is 0 Å². The molecule has 48 valence electrons. The minimum atomic E-state index is -1.41. The van der Waals surface area contributed by atoms with Crippen molar-refractivity contribution in [2.24, 2.45) is 0 Å². The topological polar surface area (TPSA) is 81.3 Å². The summed E-state index contributed by atoms with van der Waals surface area (Å²) in [7, 11) is 0. The smallest absolute Gasteiger partial charge is 0.349 e. The molecule has 0 saturated heterocycles. The molecule has 0 heterocycles. The maximum Gasteiger partial charge on any atom is 0.349 e. The molecule has 0 aromatic rings. The molecule has 9 heavy (non-hydrogen) atoms. The molecular weight excluding hydrogens is 122 g/mol. The zero-order valence-electron chi connectivity index (χ0n) is 4.75. The number of aliphatic hydroxyl groups is 1. The van der Waals surface area contributed by atoms with Crippen LogP contribution in [0.3, 0.4) is 0 Å². The van der Waals surface area contributed by atoms with Gasteiger partial charge in [-0.2, -0.15) is 5.26 Å². The summed E-state index contributed by atoms with van der Waals surface area (Å²) in [6, 6.07) is 1.33. The summed E-state index contributed by atoms with van der Waals surface area (Å²) in [5, 5.41) is 24.6. The van der Waals surface area contributed by atoms with Crippen LogP contribution < -0.4 is 0 Å². The Hall–Kier alpha value is -1.50. The van der Waals surface area contributed by atoms with Crippen LogP contribution in [0.25, 0.3) is 0 Å². The molecule has 0 spiro atoms. The fourth-order valence-corrected chi connectivity index (χ4v) is 0.283. The summed E-state index contributed by atoms with van der Waals surface area (Å²) in [5.41, 5.74) is -0.616. The van der Waals surface area contributed by atoms with Crippen LogP contribution in [0.5, 0.6) is 0 Å². The Bertz CT molecular complexity index is 195. The first-order chi connectivity index (χ1) is 4.09. The average Bonchev–Trinajstić information content (AvgIpc) is 1.64. The Balaban J connectivity index is 4.62. The largest absolute Gasteiger partial charge is 0.511 e. The van der Waals surface area contributed by atoms with E-state index in [1.807, 2.05) is 0 Å². The van der Waals surface area contributed by atoms with Crippen molar-refractivity contribution < 1.29 is 15.0 Å². The number of nitrogens with zero attached hydrogens (tertiary/aromatic N) is 1. The molecule has 0 rings (SSSR count). The molecule has 0 aliphatic rings. The number of hydrogen-bond acceptors (Lipinski definition) is 3. The van der Waals surface area contributed by atoms with E-state index in [1.54, 1.807) is 0 Å². The predicted molar refractivity (Wildman–Crippen MR) is 28.6 cm³/mol. The minimum Gasteiger partial charge on any atom is -0.511 e. The van der Waals surface area contributed by atoms with Gasteiger partial charge >= 0.3 is 5.97 Å². The lowest BCUT2D eigenvalue weighted by Gasteiger charge is -1.88. The normalized spacial score (nSPS) is 11.6. The highest BCUT2D eigenvalue weighted by Crippen LogP contribution is 1.97. The van der Waals surface area contributed by atoms with Crippen LogP contribution in [0.4, 0.5) is 0 Å². The standard InChI is InChI=1S/C5H5NO3/c1-3(7)4(2-6)5(8)9/h7H,1H3,(H,8,9)/b4-3-. The molecule has 0 atom stereocenters. The van der Waals surface area contributed by atoms with Crippen LogP contribution in [0.2, 0.25) is 0 Å². The highest BCUT2D eigenvalue weighted by Gasteiger charge is 2.08. The van der Waals surface area contributed by atoms with Gasteiger partial charge < -0.3 is 10.2 Å². The Kier molecular flexibility index (Phi) is 2.27. The number of nitriles is 1. The molecule has 4 heteroatoms. The van der Waals surface area contributed by atoms with E-state index in [0.717, 1.165) is 6.92 Å². The van der Waals surface area contributed by atoms with Crippen molar-refractivity contribution >= 4 is 5.97 Å². The average molecular weight is 127 g/mol. The second-order valence-electron chi connectivity index (χ2n) is 1.38. The van der Waals surface area contributed by atoms with E-state index >= 15 is 0 Å². The summed E-state index contributed by atoms with van der Waals surface area (Å²) in [4.78, 5) is 9.93. The summed E-state index contributed by atoms with van der Waals surface area (Å²) in [5.74, 6) is -1.87. The van der Waals surface area contributed by atoms with Gasteiger partial charge in [0, 0.05) is 0 Å². The van der Waals surface area contributed by atoms with Gasteiger partial charge in [0.05, 0.1) is 0 Å². The lowest BCUT2D eigenvalue weighted by Crippen LogP contribution is -2.00. The molecule has 0 aliphatic heterocycles. The number of allylic oxidation sites excluding steroid dienone is 1. The molecule has 0 amide bonds. The highest BCUT2D eigenvalue weighted by molar-refractivity contribution is 5.91. The number of hydrogen-bond donors (Lipinski definition) is 2. The highest BCUT2D eigenvalue weighted by atomic mass is 16.4. The number of carbonyl (C=O) groups is 1. The van der Waals surface area contributed by atoms with Crippen LogP contribution in [-0.2, 0) is 4.79 Å². The van der Waals surface area contributed by atoms with E-state index in [9.17, 15) is 4.79 Å². The second kappa shape index (κ2) is 2.72. The number of carboxylic acids is 1. The van der Waals surface area contributed by atoms with Gasteiger partial charge in [-0.15, -0.1) is 0 Å². The molecule has 0 radical (unpaired) electrons. The monoisotopic (exact) mass is 127 g/mol. The molecule has 0 bridgehead atoms. The lowest BCUT2D eigenvalue weighted by atomic mass is 10.3. The molecule has 0 aromatic carbocycles. The van der Waals surface area contributed by atoms with Crippen LogP contribution in [0.1, 0.15) is 6.92 Å². The molecular formula is C5H5NO3. The van der Waals surface area contributed by atoms with Crippen LogP contribution in [0.15, 0.2) is 11.3 Å². The Morgan fingerprint density at radius 1 is 1.56 bits per heavy atom. The van der Waals surface area contributed by atoms with E-state index in [4.69, 9.17) is 15.5 Å². The summed E-state index contributed by atoms with van der Waals surface area (Å²) in [6.45, 7) is 1.15. The van der Waals surface area contributed by atoms with Gasteiger partial charge in [-0.05, 0) is 6.92 Å². The fraction of sp³-hybridized carbons (Fsp3) is 0.200. The second-order valence-corrected chi connectivity index (χ2v) is 1.38. The van der Waals surface area contributed by atoms with E-state index < -0.39 is 17.3 Å². The van der Waals surface area contributed by atoms with Gasteiger partial charge in [-0.1, -0.05) is 0 Å². The van der Waals surface area contributed by atoms with Crippen LogP contribution in [0, 0.1) is 11.3 Å². The Labute approximate surface area is 51.7 Å². The van der Waals surface area contributed by atoms with E-state index in [-0.39, 0.29) is 0 Å². The van der Waals surface area contributed by atoms with E-state index in [2.05, 4.69) is 0 Å². The van der Waals surface area contributed by atoms with E-state index in [1.165, 1.54) is 6.07 Å². The van der Waals surface area contributed by atoms with Crippen LogP contribution in [-0.4, -0.2) is 16.2 Å². The summed E-state index contributed by atoms with van der Waals surface area (Å²) in [6.07, 6.45) is 0. The number of rotatable bonds is 1. The quantitative estimate of drug-likeness (QED) is 0.304. The maximum absolute atomic E-state index is 9.93. The minimum absolute atomic E-state index is 0.468. The van der Waals surface area contributed by atoms with Gasteiger partial charge in [0.25, 0.3) is 0 Å². The Morgan fingerprint density at radius 2 is 2.00 bits per heavy atom. The third-order valence-corrected chi connectivity index (χ3v) is 0.687. The third kappa shape index (κ3) is 1.82. The molecule has 0 aliphatic carbocycles. The lowest BCUT2D eigenvalue weighted by molar-refractivity contribution is -0.132. The van der Waals surface area contributed by atoms with Crippen molar-refractivity contribution in [3.8, 4) is 6.07 Å². The first kappa shape index (κ1) is 7.50. The van der Waals surface area contributed by atoms with Gasteiger partial charge in [-0.25, -0.2) is 4.79 Å². The summed E-state index contributed by atoms with van der Waals surface area (Å²) >= 11 is 0. The summed E-state index contributed by atoms with van der Waals surface area (Å²) < 4.78 is 0. The Morgan fingerprint density at radius 3 is 2.00 bits per heavy atom. The van der Waals surface area contributed by atoms with Crippen molar-refractivity contribution in [1.82, 2.24) is 0 Å². The first-order valence-electron chi connectivity index (χ1n) is 2.12. The van der Waals surface area contributed by atoms with Crippen molar-refractivity contribution in [3.63, 3.8) is 0 Å². The molecule has 4 nitrogen and oxygen atoms in total. The molecule has 0 fully saturated rings. The fourth-order valence-electron chi connectivity index (χ4n) is 0.283. The van der Waals surface area contributed by atoms with Crippen molar-refractivity contribution in [2.45, 2.75) is 6.92 Å². The van der Waals surface area contributed by atoms with Crippen molar-refractivity contribution in [2.75, 3.05) is 0 Å². The van der Waals surface area contributed by atoms with E-state index in [0.29, 0.717) is 0 Å². The number of carboxylic acid groups (broad SMARTS) is 1. The zero-order chi connectivity index (χ0) is 7.44. The number of aliphatic carboxylic acids is 1. The van der Waals surface area contributed by atoms with Gasteiger partial charge in [-0.3, -0.25) is 0 Å². The molecule has 0 saturated carbocycles. The molecule has 0 aromatic heterocycles. The van der Waals surface area contributed by atoms with Crippen molar-refractivity contribution in [3.05, 3.63) is 11.3 Å².